The molecule has 0 aliphatic carbocycles. The molecule has 0 bridgehead atoms. The fraction of sp³-hybridized carbons (Fsp3) is 0.167. The number of ether oxygens (including phenoxy) is 1. The highest BCUT2D eigenvalue weighted by atomic mass is 35.5. The Balaban J connectivity index is 1.61. The zero-order chi connectivity index (χ0) is 23.5. The molecule has 0 aliphatic rings. The Hall–Kier alpha value is -3.49. The Morgan fingerprint density at radius 1 is 1.18 bits per heavy atom. The fourth-order valence-corrected chi connectivity index (χ4v) is 4.64. The number of carbonyl (C=O) groups excluding carboxylic acids is 2. The number of amides is 1. The molecular formula is C24H20ClN3O4S. The number of halogens is 1. The lowest BCUT2D eigenvalue weighted by Gasteiger charge is -2.09. The molecule has 0 unspecified atom stereocenters. The predicted molar refractivity (Wildman–Crippen MR) is 130 cm³/mol. The van der Waals surface area contributed by atoms with Crippen molar-refractivity contribution in [2.75, 3.05) is 11.9 Å². The van der Waals surface area contributed by atoms with Crippen LogP contribution in [0.15, 0.2) is 59.7 Å². The van der Waals surface area contributed by atoms with Crippen molar-refractivity contribution in [1.82, 2.24) is 9.55 Å². The van der Waals surface area contributed by atoms with Gasteiger partial charge in [-0.15, -0.1) is 11.3 Å². The van der Waals surface area contributed by atoms with Crippen molar-refractivity contribution >= 4 is 50.7 Å². The summed E-state index contributed by atoms with van der Waals surface area (Å²) in [5.74, 6) is -0.888. The molecule has 9 heteroatoms. The summed E-state index contributed by atoms with van der Waals surface area (Å²) in [6.07, 6.45) is 1.38. The summed E-state index contributed by atoms with van der Waals surface area (Å²) in [4.78, 5) is 43.8. The van der Waals surface area contributed by atoms with Crippen molar-refractivity contribution in [3.05, 3.63) is 80.7 Å². The average molecular weight is 482 g/mol. The van der Waals surface area contributed by atoms with Gasteiger partial charge in [-0.3, -0.25) is 14.2 Å². The van der Waals surface area contributed by atoms with Crippen molar-refractivity contribution in [1.29, 1.82) is 0 Å². The number of carbonyl (C=O) groups is 2. The Kier molecular flexibility index (Phi) is 6.57. The van der Waals surface area contributed by atoms with Crippen LogP contribution in [-0.4, -0.2) is 28.0 Å². The second-order valence-corrected chi connectivity index (χ2v) is 8.89. The van der Waals surface area contributed by atoms with Crippen LogP contribution >= 0.6 is 22.9 Å². The first-order valence-corrected chi connectivity index (χ1v) is 11.4. The summed E-state index contributed by atoms with van der Waals surface area (Å²) in [6.45, 7) is 3.69. The minimum absolute atomic E-state index is 0.222. The quantitative estimate of drug-likeness (QED) is 0.395. The van der Waals surface area contributed by atoms with Crippen LogP contribution in [0.3, 0.4) is 0 Å². The van der Waals surface area contributed by atoms with E-state index in [1.165, 1.54) is 28.3 Å². The number of fused-ring (bicyclic) bond motifs is 1. The maximum absolute atomic E-state index is 13.3. The molecule has 1 amide bonds. The molecule has 2 aromatic heterocycles. The van der Waals surface area contributed by atoms with Crippen LogP contribution in [-0.2, 0) is 16.1 Å². The molecule has 4 rings (SSSR count). The zero-order valence-corrected chi connectivity index (χ0v) is 19.5. The fourth-order valence-electron chi connectivity index (χ4n) is 3.51. The molecule has 0 fully saturated rings. The lowest BCUT2D eigenvalue weighted by Crippen LogP contribution is -2.27. The van der Waals surface area contributed by atoms with Gasteiger partial charge in [-0.05, 0) is 49.7 Å². The molecule has 0 aliphatic heterocycles. The maximum Gasteiger partial charge on any atom is 0.338 e. The van der Waals surface area contributed by atoms with Crippen molar-refractivity contribution in [2.24, 2.45) is 0 Å². The van der Waals surface area contributed by atoms with Crippen LogP contribution in [0.2, 0.25) is 5.02 Å². The van der Waals surface area contributed by atoms with Crippen molar-refractivity contribution in [3.8, 4) is 11.1 Å². The van der Waals surface area contributed by atoms with Crippen LogP contribution in [0.1, 0.15) is 22.2 Å². The van der Waals surface area contributed by atoms with E-state index in [0.29, 0.717) is 26.5 Å². The Morgan fingerprint density at radius 2 is 1.94 bits per heavy atom. The molecule has 33 heavy (non-hydrogen) atoms. The number of rotatable bonds is 6. The number of nitrogens with one attached hydrogen (secondary N) is 1. The lowest BCUT2D eigenvalue weighted by molar-refractivity contribution is -0.116. The predicted octanol–water partition coefficient (Wildman–Crippen LogP) is 4.90. The summed E-state index contributed by atoms with van der Waals surface area (Å²) in [6, 6.07) is 13.7. The number of esters is 1. The summed E-state index contributed by atoms with van der Waals surface area (Å²) < 4.78 is 6.26. The van der Waals surface area contributed by atoms with Crippen LogP contribution in [0.4, 0.5) is 5.69 Å². The van der Waals surface area contributed by atoms with E-state index in [4.69, 9.17) is 16.3 Å². The van der Waals surface area contributed by atoms with E-state index in [1.807, 2.05) is 19.1 Å². The highest BCUT2D eigenvalue weighted by Crippen LogP contribution is 2.35. The zero-order valence-electron chi connectivity index (χ0n) is 17.9. The summed E-state index contributed by atoms with van der Waals surface area (Å²) >= 11 is 7.44. The Labute approximate surface area is 198 Å². The molecular weight excluding hydrogens is 462 g/mol. The van der Waals surface area contributed by atoms with Gasteiger partial charge in [0.1, 0.15) is 11.4 Å². The minimum Gasteiger partial charge on any atom is -0.462 e. The molecule has 0 saturated heterocycles. The molecule has 0 spiro atoms. The third-order valence-corrected chi connectivity index (χ3v) is 6.22. The summed E-state index contributed by atoms with van der Waals surface area (Å²) in [5.41, 5.74) is 2.11. The van der Waals surface area contributed by atoms with E-state index >= 15 is 0 Å². The molecule has 0 saturated carbocycles. The number of nitrogens with zero attached hydrogens (tertiary/aromatic N) is 2. The van der Waals surface area contributed by atoms with E-state index in [2.05, 4.69) is 10.3 Å². The van der Waals surface area contributed by atoms with E-state index < -0.39 is 11.9 Å². The molecule has 168 valence electrons. The van der Waals surface area contributed by atoms with Crippen molar-refractivity contribution in [3.63, 3.8) is 0 Å². The van der Waals surface area contributed by atoms with E-state index in [0.717, 1.165) is 16.0 Å². The van der Waals surface area contributed by atoms with Gasteiger partial charge < -0.3 is 10.1 Å². The number of aromatic nitrogens is 2. The largest absolute Gasteiger partial charge is 0.462 e. The normalized spacial score (nSPS) is 10.9. The van der Waals surface area contributed by atoms with Crippen molar-refractivity contribution < 1.29 is 14.3 Å². The van der Waals surface area contributed by atoms with Crippen LogP contribution in [0.5, 0.6) is 0 Å². The molecule has 0 radical (unpaired) electrons. The monoisotopic (exact) mass is 481 g/mol. The third-order valence-electron chi connectivity index (χ3n) is 4.96. The number of anilines is 1. The first-order valence-electron chi connectivity index (χ1n) is 10.2. The SMILES string of the molecule is CCOC(=O)c1cccc(NC(=O)Cn2cnc3sc(C)c(-c4ccc(Cl)cc4)c3c2=O)c1. The highest BCUT2D eigenvalue weighted by molar-refractivity contribution is 7.19. The first-order chi connectivity index (χ1) is 15.9. The number of benzene rings is 2. The summed E-state index contributed by atoms with van der Waals surface area (Å²) in [7, 11) is 0. The molecule has 0 atom stereocenters. The van der Waals surface area contributed by atoms with Crippen LogP contribution < -0.4 is 10.9 Å². The standard InChI is InChI=1S/C24H20ClN3O4S/c1-3-32-24(31)16-5-4-6-18(11-16)27-19(29)12-28-13-26-22-21(23(28)30)20(14(2)33-22)15-7-9-17(25)10-8-15/h4-11,13H,3,12H2,1-2H3,(H,27,29). The maximum atomic E-state index is 13.3. The minimum atomic E-state index is -0.470. The number of hydrogen-bond acceptors (Lipinski definition) is 6. The van der Waals surface area contributed by atoms with Gasteiger partial charge in [0.15, 0.2) is 0 Å². The third kappa shape index (κ3) is 4.81. The number of aryl methyl sites for hydroxylation is 1. The van der Waals surface area contributed by atoms with Gasteiger partial charge >= 0.3 is 5.97 Å². The molecule has 2 aromatic carbocycles. The smallest absolute Gasteiger partial charge is 0.338 e. The first kappa shape index (κ1) is 22.7. The molecule has 4 aromatic rings. The van der Waals surface area contributed by atoms with E-state index in [9.17, 15) is 14.4 Å². The van der Waals surface area contributed by atoms with Gasteiger partial charge in [-0.1, -0.05) is 29.8 Å². The second-order valence-electron chi connectivity index (χ2n) is 7.25. The highest BCUT2D eigenvalue weighted by Gasteiger charge is 2.18. The van der Waals surface area contributed by atoms with Gasteiger partial charge in [0.25, 0.3) is 5.56 Å². The van der Waals surface area contributed by atoms with Gasteiger partial charge in [-0.2, -0.15) is 0 Å². The van der Waals surface area contributed by atoms with E-state index in [1.54, 1.807) is 37.3 Å². The number of thiophene rings is 1. The van der Waals surface area contributed by atoms with Crippen LogP contribution in [0.25, 0.3) is 21.3 Å². The Bertz CT molecular complexity index is 1410. The number of hydrogen-bond donors (Lipinski definition) is 1. The van der Waals surface area contributed by atoms with Crippen LogP contribution in [0, 0.1) is 6.92 Å². The Morgan fingerprint density at radius 3 is 2.67 bits per heavy atom. The molecule has 1 N–H and O–H groups in total. The van der Waals surface area contributed by atoms with Gasteiger partial charge in [0, 0.05) is 21.2 Å². The average Bonchev–Trinajstić information content (AvgIpc) is 3.13. The van der Waals surface area contributed by atoms with Gasteiger partial charge in [-0.25, -0.2) is 9.78 Å². The second kappa shape index (κ2) is 9.56. The topological polar surface area (TPSA) is 90.3 Å². The lowest BCUT2D eigenvalue weighted by atomic mass is 10.0. The molecule has 2 heterocycles. The van der Waals surface area contributed by atoms with Gasteiger partial charge in [0.05, 0.1) is 23.9 Å². The van der Waals surface area contributed by atoms with E-state index in [-0.39, 0.29) is 18.7 Å². The summed E-state index contributed by atoms with van der Waals surface area (Å²) in [5, 5.41) is 3.79. The molecule has 7 nitrogen and oxygen atoms in total. The van der Waals surface area contributed by atoms with Crippen molar-refractivity contribution in [2.45, 2.75) is 20.4 Å². The van der Waals surface area contributed by atoms with Gasteiger partial charge in [0.2, 0.25) is 5.91 Å².